The highest BCUT2D eigenvalue weighted by Crippen LogP contribution is 2.29. The van der Waals surface area contributed by atoms with Gasteiger partial charge in [0.15, 0.2) is 0 Å². The van der Waals surface area contributed by atoms with Crippen molar-refractivity contribution < 1.29 is 19.8 Å². The highest BCUT2D eigenvalue weighted by atomic mass is 16.4. The first kappa shape index (κ1) is 18.1. The molecular formula is C19H17N3O5. The fourth-order valence-corrected chi connectivity index (χ4v) is 2.72. The fourth-order valence-electron chi connectivity index (χ4n) is 2.72. The number of carbonyl (C=O) groups excluding carboxylic acids is 1. The number of hydrogen-bond donors (Lipinski definition) is 3. The number of benzene rings is 1. The molecule has 27 heavy (non-hydrogen) atoms. The number of fused-ring (bicyclic) bond motifs is 1. The van der Waals surface area contributed by atoms with Crippen LogP contribution in [0.15, 0.2) is 47.4 Å². The molecule has 3 aromatic rings. The summed E-state index contributed by atoms with van der Waals surface area (Å²) >= 11 is 0. The number of nitrogens with zero attached hydrogens (tertiary/aromatic N) is 2. The van der Waals surface area contributed by atoms with Crippen LogP contribution in [-0.2, 0) is 11.8 Å². The number of pyridine rings is 2. The maximum Gasteiger partial charge on any atom is 0.325 e. The number of aliphatic carboxylic acids is 1. The van der Waals surface area contributed by atoms with E-state index >= 15 is 0 Å². The molecule has 3 N–H and O–H groups in total. The van der Waals surface area contributed by atoms with E-state index in [0.29, 0.717) is 5.56 Å². The molecule has 0 aliphatic rings. The third-order valence-electron chi connectivity index (χ3n) is 4.25. The smallest absolute Gasteiger partial charge is 0.325 e. The van der Waals surface area contributed by atoms with E-state index in [-0.39, 0.29) is 11.0 Å². The van der Waals surface area contributed by atoms with Crippen LogP contribution in [0.25, 0.3) is 22.2 Å². The number of aromatic nitrogens is 2. The van der Waals surface area contributed by atoms with Gasteiger partial charge >= 0.3 is 5.97 Å². The number of hydrogen-bond acceptors (Lipinski definition) is 5. The van der Waals surface area contributed by atoms with E-state index in [1.807, 2.05) is 30.3 Å². The van der Waals surface area contributed by atoms with Crippen molar-refractivity contribution in [1.82, 2.24) is 14.9 Å². The summed E-state index contributed by atoms with van der Waals surface area (Å²) in [6.07, 6.45) is 1.57. The van der Waals surface area contributed by atoms with Gasteiger partial charge in [-0.3, -0.25) is 19.0 Å². The van der Waals surface area contributed by atoms with Crippen LogP contribution in [0.2, 0.25) is 0 Å². The minimum Gasteiger partial charge on any atom is -0.506 e. The van der Waals surface area contributed by atoms with Crippen molar-refractivity contribution in [2.75, 3.05) is 0 Å². The predicted octanol–water partition coefficient (Wildman–Crippen LogP) is 1.51. The lowest BCUT2D eigenvalue weighted by atomic mass is 10.0. The summed E-state index contributed by atoms with van der Waals surface area (Å²) in [4.78, 5) is 40.1. The molecule has 1 amide bonds. The molecule has 138 valence electrons. The number of rotatable bonds is 4. The maximum absolute atomic E-state index is 12.5. The van der Waals surface area contributed by atoms with E-state index in [4.69, 9.17) is 5.11 Å². The van der Waals surface area contributed by atoms with Gasteiger partial charge in [-0.1, -0.05) is 30.3 Å². The molecule has 0 radical (unpaired) electrons. The summed E-state index contributed by atoms with van der Waals surface area (Å²) < 4.78 is 1.14. The quantitative estimate of drug-likeness (QED) is 0.643. The van der Waals surface area contributed by atoms with E-state index in [2.05, 4.69) is 10.3 Å². The Morgan fingerprint density at radius 3 is 2.48 bits per heavy atom. The van der Waals surface area contributed by atoms with E-state index in [1.165, 1.54) is 14.0 Å². The zero-order chi connectivity index (χ0) is 19.7. The molecule has 8 nitrogen and oxygen atoms in total. The van der Waals surface area contributed by atoms with Crippen LogP contribution in [0.5, 0.6) is 5.75 Å². The Labute approximate surface area is 153 Å². The van der Waals surface area contributed by atoms with Crippen LogP contribution in [0.4, 0.5) is 0 Å². The average molecular weight is 367 g/mol. The van der Waals surface area contributed by atoms with Crippen molar-refractivity contribution in [3.63, 3.8) is 0 Å². The predicted molar refractivity (Wildman–Crippen MR) is 98.6 cm³/mol. The Balaban J connectivity index is 2.19. The molecule has 0 unspecified atom stereocenters. The Morgan fingerprint density at radius 2 is 1.85 bits per heavy atom. The summed E-state index contributed by atoms with van der Waals surface area (Å²) in [6.45, 7) is 1.26. The zero-order valence-corrected chi connectivity index (χ0v) is 14.6. The van der Waals surface area contributed by atoms with Gasteiger partial charge in [-0.15, -0.1) is 0 Å². The van der Waals surface area contributed by atoms with E-state index in [1.54, 1.807) is 12.3 Å². The van der Waals surface area contributed by atoms with E-state index in [0.717, 1.165) is 10.1 Å². The monoisotopic (exact) mass is 367 g/mol. The summed E-state index contributed by atoms with van der Waals surface area (Å²) in [5.74, 6) is -2.75. The van der Waals surface area contributed by atoms with Crippen LogP contribution < -0.4 is 10.9 Å². The second-order valence-corrected chi connectivity index (χ2v) is 6.08. The molecule has 0 aliphatic heterocycles. The second kappa shape index (κ2) is 6.91. The minimum absolute atomic E-state index is 0.208. The summed E-state index contributed by atoms with van der Waals surface area (Å²) in [7, 11) is 1.43. The Bertz CT molecular complexity index is 1110. The van der Waals surface area contributed by atoms with Crippen LogP contribution in [-0.4, -0.2) is 37.7 Å². The Hall–Kier alpha value is -3.68. The van der Waals surface area contributed by atoms with Crippen molar-refractivity contribution in [3.8, 4) is 16.9 Å². The topological polar surface area (TPSA) is 122 Å². The number of aryl methyl sites for hydroxylation is 1. The molecule has 8 heteroatoms. The maximum atomic E-state index is 12.5. The number of aromatic hydroxyl groups is 1. The Kier molecular flexibility index (Phi) is 4.64. The van der Waals surface area contributed by atoms with E-state index < -0.39 is 34.8 Å². The zero-order valence-electron chi connectivity index (χ0n) is 14.6. The molecule has 3 rings (SSSR count). The van der Waals surface area contributed by atoms with Crippen LogP contribution in [0.3, 0.4) is 0 Å². The average Bonchev–Trinajstić information content (AvgIpc) is 2.66. The van der Waals surface area contributed by atoms with Gasteiger partial charge in [0, 0.05) is 18.8 Å². The minimum atomic E-state index is -1.26. The van der Waals surface area contributed by atoms with E-state index in [9.17, 15) is 19.5 Å². The number of amides is 1. The first-order valence-electron chi connectivity index (χ1n) is 8.12. The number of carboxylic acid groups (broad SMARTS) is 1. The molecule has 2 aromatic heterocycles. The highest BCUT2D eigenvalue weighted by molar-refractivity contribution is 6.03. The molecule has 2 heterocycles. The third kappa shape index (κ3) is 3.24. The molecule has 0 saturated heterocycles. The van der Waals surface area contributed by atoms with Gasteiger partial charge in [0.2, 0.25) is 0 Å². The first-order valence-corrected chi connectivity index (χ1v) is 8.12. The standard InChI is InChI=1S/C19H17N3O5/c1-10(19(26)27)21-17(24)14-15(23)13-8-12(11-6-4-3-5-7-11)9-20-16(13)22(2)18(14)25/h3-10,23H,1-2H3,(H,21,24)(H,26,27)/t10-/m0/s1. The van der Waals surface area contributed by atoms with Crippen molar-refractivity contribution >= 4 is 22.9 Å². The van der Waals surface area contributed by atoms with Crippen molar-refractivity contribution in [2.24, 2.45) is 7.05 Å². The van der Waals surface area contributed by atoms with Crippen LogP contribution in [0, 0.1) is 0 Å². The normalized spacial score (nSPS) is 11.9. The molecule has 1 atom stereocenters. The molecule has 0 aliphatic carbocycles. The summed E-state index contributed by atoms with van der Waals surface area (Å²) in [6, 6.07) is 9.72. The van der Waals surface area contributed by atoms with Gasteiger partial charge in [-0.25, -0.2) is 4.98 Å². The molecule has 0 saturated carbocycles. The van der Waals surface area contributed by atoms with Crippen molar-refractivity contribution in [2.45, 2.75) is 13.0 Å². The third-order valence-corrected chi connectivity index (χ3v) is 4.25. The second-order valence-electron chi connectivity index (χ2n) is 6.08. The lowest BCUT2D eigenvalue weighted by molar-refractivity contribution is -0.138. The van der Waals surface area contributed by atoms with Gasteiger partial charge in [0.05, 0.1) is 5.39 Å². The summed E-state index contributed by atoms with van der Waals surface area (Å²) in [5.41, 5.74) is 0.466. The van der Waals surface area contributed by atoms with Crippen molar-refractivity contribution in [3.05, 3.63) is 58.5 Å². The van der Waals surface area contributed by atoms with Gasteiger partial charge in [0.1, 0.15) is 23.0 Å². The number of nitrogens with one attached hydrogen (secondary N) is 1. The molecular weight excluding hydrogens is 350 g/mol. The van der Waals surface area contributed by atoms with Gasteiger partial charge in [-0.05, 0) is 18.6 Å². The van der Waals surface area contributed by atoms with Crippen molar-refractivity contribution in [1.29, 1.82) is 0 Å². The molecule has 0 spiro atoms. The number of carboxylic acids is 1. The lowest BCUT2D eigenvalue weighted by Crippen LogP contribution is -2.41. The first-order chi connectivity index (χ1) is 12.8. The number of carbonyl (C=O) groups is 2. The molecule has 1 aromatic carbocycles. The van der Waals surface area contributed by atoms with Gasteiger partial charge in [-0.2, -0.15) is 0 Å². The Morgan fingerprint density at radius 1 is 1.19 bits per heavy atom. The molecule has 0 fully saturated rings. The summed E-state index contributed by atoms with van der Waals surface area (Å²) in [5, 5.41) is 21.9. The van der Waals surface area contributed by atoms with Gasteiger partial charge < -0.3 is 15.5 Å². The van der Waals surface area contributed by atoms with Crippen LogP contribution >= 0.6 is 0 Å². The van der Waals surface area contributed by atoms with Crippen LogP contribution in [0.1, 0.15) is 17.3 Å². The lowest BCUT2D eigenvalue weighted by Gasteiger charge is -2.14. The van der Waals surface area contributed by atoms with Gasteiger partial charge in [0.25, 0.3) is 11.5 Å². The largest absolute Gasteiger partial charge is 0.506 e. The highest BCUT2D eigenvalue weighted by Gasteiger charge is 2.24. The SMILES string of the molecule is C[C@H](NC(=O)c1c(O)c2cc(-c3ccccc3)cnc2n(C)c1=O)C(=O)O. The fraction of sp³-hybridized carbons (Fsp3) is 0.158. The molecule has 0 bridgehead atoms.